The topological polar surface area (TPSA) is 55.1 Å². The lowest BCUT2D eigenvalue weighted by Gasteiger charge is -2.29. The third-order valence-corrected chi connectivity index (χ3v) is 4.94. The molecule has 2 fully saturated rings. The predicted octanol–water partition coefficient (Wildman–Crippen LogP) is 2.67. The summed E-state index contributed by atoms with van der Waals surface area (Å²) < 4.78 is 0. The summed E-state index contributed by atoms with van der Waals surface area (Å²) >= 11 is 5.16. The maximum absolute atomic E-state index is 12.5. The molecule has 0 aromatic carbocycles. The molecule has 4 heteroatoms. The Kier molecular flexibility index (Phi) is 4.60. The van der Waals surface area contributed by atoms with Crippen LogP contribution in [0.15, 0.2) is 0 Å². The highest BCUT2D eigenvalue weighted by molar-refractivity contribution is 7.80. The van der Waals surface area contributed by atoms with E-state index in [2.05, 4.69) is 5.32 Å². The number of hydrogen-bond donors (Lipinski definition) is 2. The maximum atomic E-state index is 12.5. The largest absolute Gasteiger partial charge is 0.392 e. The second kappa shape index (κ2) is 6.00. The number of nitrogens with one attached hydrogen (secondary N) is 1. The summed E-state index contributed by atoms with van der Waals surface area (Å²) in [7, 11) is 0. The van der Waals surface area contributed by atoms with Gasteiger partial charge < -0.3 is 11.1 Å². The predicted molar refractivity (Wildman–Crippen MR) is 77.3 cm³/mol. The van der Waals surface area contributed by atoms with Crippen LogP contribution in [0.3, 0.4) is 0 Å². The van der Waals surface area contributed by atoms with Gasteiger partial charge in [0.2, 0.25) is 5.91 Å². The minimum Gasteiger partial charge on any atom is -0.392 e. The van der Waals surface area contributed by atoms with Crippen LogP contribution in [0.25, 0.3) is 0 Å². The van der Waals surface area contributed by atoms with Crippen LogP contribution in [0.1, 0.15) is 64.2 Å². The lowest BCUT2D eigenvalue weighted by atomic mass is 9.84. The first kappa shape index (κ1) is 13.8. The van der Waals surface area contributed by atoms with Crippen molar-refractivity contribution in [3.05, 3.63) is 0 Å². The smallest absolute Gasteiger partial charge is 0.233 e. The highest BCUT2D eigenvalue weighted by Crippen LogP contribution is 2.39. The molecule has 102 valence electrons. The molecule has 2 saturated carbocycles. The summed E-state index contributed by atoms with van der Waals surface area (Å²) in [6.07, 6.45) is 11.1. The fourth-order valence-electron chi connectivity index (χ4n) is 3.31. The Hall–Kier alpha value is -0.640. The van der Waals surface area contributed by atoms with Crippen LogP contribution in [0, 0.1) is 5.41 Å². The molecule has 3 N–H and O–H groups in total. The highest BCUT2D eigenvalue weighted by atomic mass is 32.1. The van der Waals surface area contributed by atoms with E-state index in [-0.39, 0.29) is 5.91 Å². The number of hydrogen-bond acceptors (Lipinski definition) is 2. The summed E-state index contributed by atoms with van der Waals surface area (Å²) in [4.78, 5) is 12.9. The third-order valence-electron chi connectivity index (χ3n) is 4.55. The van der Waals surface area contributed by atoms with Crippen LogP contribution in [0.5, 0.6) is 0 Å². The molecule has 3 nitrogen and oxygen atoms in total. The van der Waals surface area contributed by atoms with Crippen LogP contribution >= 0.6 is 12.2 Å². The van der Waals surface area contributed by atoms with Gasteiger partial charge in [-0.2, -0.15) is 0 Å². The fourth-order valence-corrected chi connectivity index (χ4v) is 3.61. The minimum atomic E-state index is -0.540. The van der Waals surface area contributed by atoms with E-state index in [1.165, 1.54) is 25.7 Å². The average Bonchev–Trinajstić information content (AvgIpc) is 2.71. The standard InChI is InChI=1S/C14H24N2OS/c15-12(18)14(9-5-6-10-14)13(17)16-11-7-3-1-2-4-8-11/h11H,1-10H2,(H2,15,18)(H,16,17). The van der Waals surface area contributed by atoms with E-state index in [0.717, 1.165) is 38.5 Å². The molecule has 18 heavy (non-hydrogen) atoms. The fraction of sp³-hybridized carbons (Fsp3) is 0.857. The molecule has 0 heterocycles. The molecule has 0 spiro atoms. The normalized spacial score (nSPS) is 24.4. The molecule has 1 amide bonds. The van der Waals surface area contributed by atoms with Crippen molar-refractivity contribution in [2.24, 2.45) is 11.1 Å². The van der Waals surface area contributed by atoms with Gasteiger partial charge in [0.1, 0.15) is 0 Å². The summed E-state index contributed by atoms with van der Waals surface area (Å²) in [6.45, 7) is 0. The van der Waals surface area contributed by atoms with E-state index in [4.69, 9.17) is 18.0 Å². The van der Waals surface area contributed by atoms with Gasteiger partial charge in [-0.3, -0.25) is 4.79 Å². The molecule has 0 bridgehead atoms. The van der Waals surface area contributed by atoms with E-state index in [1.807, 2.05) is 0 Å². The molecule has 0 aromatic heterocycles. The van der Waals surface area contributed by atoms with Gasteiger partial charge in [-0.25, -0.2) is 0 Å². The molecule has 0 aliphatic heterocycles. The van der Waals surface area contributed by atoms with E-state index < -0.39 is 5.41 Å². The van der Waals surface area contributed by atoms with E-state index >= 15 is 0 Å². The van der Waals surface area contributed by atoms with Gasteiger partial charge in [-0.15, -0.1) is 0 Å². The van der Waals surface area contributed by atoms with Crippen molar-refractivity contribution in [1.29, 1.82) is 0 Å². The number of amides is 1. The zero-order valence-corrected chi connectivity index (χ0v) is 11.9. The molecular weight excluding hydrogens is 244 g/mol. The van der Waals surface area contributed by atoms with Crippen molar-refractivity contribution in [2.45, 2.75) is 70.3 Å². The molecule has 0 unspecified atom stereocenters. The Balaban J connectivity index is 1.98. The summed E-state index contributed by atoms with van der Waals surface area (Å²) in [5.41, 5.74) is 5.30. The van der Waals surface area contributed by atoms with Crippen molar-refractivity contribution in [3.63, 3.8) is 0 Å². The van der Waals surface area contributed by atoms with Crippen LogP contribution in [-0.2, 0) is 4.79 Å². The Labute approximate surface area is 115 Å². The Bertz CT molecular complexity index is 316. The molecule has 2 aliphatic rings. The van der Waals surface area contributed by atoms with Crippen molar-refractivity contribution in [2.75, 3.05) is 0 Å². The minimum absolute atomic E-state index is 0.0967. The van der Waals surface area contributed by atoms with Gasteiger partial charge in [-0.1, -0.05) is 50.7 Å². The number of thiocarbonyl (C=S) groups is 1. The molecule has 0 radical (unpaired) electrons. The lowest BCUT2D eigenvalue weighted by Crippen LogP contribution is -2.50. The zero-order chi connectivity index (χ0) is 13.0. The number of nitrogens with two attached hydrogens (primary N) is 1. The first-order valence-electron chi connectivity index (χ1n) is 7.26. The Morgan fingerprint density at radius 2 is 1.61 bits per heavy atom. The average molecular weight is 268 g/mol. The van der Waals surface area contributed by atoms with Crippen LogP contribution < -0.4 is 11.1 Å². The van der Waals surface area contributed by atoms with E-state index in [0.29, 0.717) is 11.0 Å². The molecule has 0 saturated heterocycles. The SMILES string of the molecule is NC(=S)C1(C(=O)NC2CCCCCC2)CCCC1. The lowest BCUT2D eigenvalue weighted by molar-refractivity contribution is -0.128. The maximum Gasteiger partial charge on any atom is 0.233 e. The van der Waals surface area contributed by atoms with Gasteiger partial charge in [0.05, 0.1) is 10.4 Å². The van der Waals surface area contributed by atoms with Gasteiger partial charge in [0.15, 0.2) is 0 Å². The second-order valence-electron chi connectivity index (χ2n) is 5.82. The van der Waals surface area contributed by atoms with Gasteiger partial charge in [-0.05, 0) is 25.7 Å². The quantitative estimate of drug-likeness (QED) is 0.611. The monoisotopic (exact) mass is 268 g/mol. The summed E-state index contributed by atoms with van der Waals surface area (Å²) in [5, 5.41) is 3.22. The van der Waals surface area contributed by atoms with Gasteiger partial charge in [0, 0.05) is 6.04 Å². The molecule has 0 aromatic rings. The summed E-state index contributed by atoms with van der Waals surface area (Å²) in [5.74, 6) is 0.0967. The molecule has 0 atom stereocenters. The van der Waals surface area contributed by atoms with Crippen LogP contribution in [0.4, 0.5) is 0 Å². The first-order valence-corrected chi connectivity index (χ1v) is 7.67. The second-order valence-corrected chi connectivity index (χ2v) is 6.26. The van der Waals surface area contributed by atoms with Crippen LogP contribution in [0.2, 0.25) is 0 Å². The van der Waals surface area contributed by atoms with Crippen molar-refractivity contribution >= 4 is 23.1 Å². The number of carbonyl (C=O) groups excluding carboxylic acids is 1. The van der Waals surface area contributed by atoms with Crippen molar-refractivity contribution in [3.8, 4) is 0 Å². The van der Waals surface area contributed by atoms with Gasteiger partial charge >= 0.3 is 0 Å². The molecular formula is C14H24N2OS. The Morgan fingerprint density at radius 3 is 2.11 bits per heavy atom. The van der Waals surface area contributed by atoms with Crippen LogP contribution in [-0.4, -0.2) is 16.9 Å². The summed E-state index contributed by atoms with van der Waals surface area (Å²) in [6, 6.07) is 0.340. The number of rotatable bonds is 3. The highest BCUT2D eigenvalue weighted by Gasteiger charge is 2.44. The van der Waals surface area contributed by atoms with E-state index in [9.17, 15) is 4.79 Å². The number of carbonyl (C=O) groups is 1. The van der Waals surface area contributed by atoms with Crippen molar-refractivity contribution in [1.82, 2.24) is 5.32 Å². The molecule has 2 aliphatic carbocycles. The zero-order valence-electron chi connectivity index (χ0n) is 11.0. The first-order chi connectivity index (χ1) is 8.65. The Morgan fingerprint density at radius 1 is 1.06 bits per heavy atom. The molecule has 2 rings (SSSR count). The van der Waals surface area contributed by atoms with Gasteiger partial charge in [0.25, 0.3) is 0 Å². The van der Waals surface area contributed by atoms with E-state index in [1.54, 1.807) is 0 Å². The third kappa shape index (κ3) is 2.85. The van der Waals surface area contributed by atoms with Crippen molar-refractivity contribution < 1.29 is 4.79 Å².